The van der Waals surface area contributed by atoms with Crippen molar-refractivity contribution in [2.75, 3.05) is 0 Å². The van der Waals surface area contributed by atoms with Gasteiger partial charge in [0.1, 0.15) is 5.75 Å². The van der Waals surface area contributed by atoms with Crippen molar-refractivity contribution >= 4 is 22.6 Å². The molecule has 1 aromatic heterocycles. The molecule has 1 N–H and O–H groups in total. The van der Waals surface area contributed by atoms with Crippen molar-refractivity contribution in [1.82, 2.24) is 4.98 Å². The second-order valence-corrected chi connectivity index (χ2v) is 3.94. The van der Waals surface area contributed by atoms with E-state index in [0.29, 0.717) is 5.75 Å². The highest BCUT2D eigenvalue weighted by Crippen LogP contribution is 2.23. The molecule has 0 aliphatic heterocycles. The fourth-order valence-electron chi connectivity index (χ4n) is 1.07. The van der Waals surface area contributed by atoms with Crippen LogP contribution in [0.1, 0.15) is 24.7 Å². The summed E-state index contributed by atoms with van der Waals surface area (Å²) in [5.74, 6) is 0.315. The number of halogens is 1. The van der Waals surface area contributed by atoms with Crippen LogP contribution < -0.4 is 0 Å². The van der Waals surface area contributed by atoms with E-state index < -0.39 is 0 Å². The third kappa shape index (κ3) is 2.09. The normalized spacial score (nSPS) is 10.2. The van der Waals surface area contributed by atoms with Crippen LogP contribution in [0.15, 0.2) is 6.07 Å². The lowest BCUT2D eigenvalue weighted by Gasteiger charge is -2.04. The summed E-state index contributed by atoms with van der Waals surface area (Å²) in [7, 11) is 0. The minimum absolute atomic E-state index is 0.315. The number of hydrogen-bond acceptors (Lipinski definition) is 2. The van der Waals surface area contributed by atoms with Gasteiger partial charge in [-0.15, -0.1) is 0 Å². The van der Waals surface area contributed by atoms with Gasteiger partial charge in [-0.2, -0.15) is 0 Å². The molecule has 0 aromatic carbocycles. The van der Waals surface area contributed by atoms with Gasteiger partial charge in [0.15, 0.2) is 0 Å². The van der Waals surface area contributed by atoms with Crippen molar-refractivity contribution in [3.05, 3.63) is 21.0 Å². The maximum Gasteiger partial charge on any atom is 0.150 e. The van der Waals surface area contributed by atoms with Crippen molar-refractivity contribution in [3.8, 4) is 5.75 Å². The Morgan fingerprint density at radius 1 is 1.58 bits per heavy atom. The topological polar surface area (TPSA) is 33.1 Å². The van der Waals surface area contributed by atoms with Crippen LogP contribution in [0.3, 0.4) is 0 Å². The molecule has 0 saturated heterocycles. The Morgan fingerprint density at radius 3 is 2.75 bits per heavy atom. The van der Waals surface area contributed by atoms with Crippen molar-refractivity contribution in [2.24, 2.45) is 0 Å². The van der Waals surface area contributed by atoms with E-state index in [2.05, 4.69) is 34.5 Å². The molecule has 0 aliphatic rings. The molecule has 1 rings (SSSR count). The molecule has 3 heteroatoms. The van der Waals surface area contributed by atoms with Crippen LogP contribution in [0.4, 0.5) is 0 Å². The van der Waals surface area contributed by atoms with Gasteiger partial charge in [-0.3, -0.25) is 4.98 Å². The van der Waals surface area contributed by atoms with Gasteiger partial charge in [0.05, 0.1) is 9.26 Å². The zero-order valence-electron chi connectivity index (χ0n) is 7.26. The summed E-state index contributed by atoms with van der Waals surface area (Å²) < 4.78 is 0.892. The highest BCUT2D eigenvalue weighted by Gasteiger charge is 2.04. The maximum absolute atomic E-state index is 9.43. The van der Waals surface area contributed by atoms with E-state index in [4.69, 9.17) is 0 Å². The van der Waals surface area contributed by atoms with Gasteiger partial charge in [-0.25, -0.2) is 0 Å². The first-order valence-electron chi connectivity index (χ1n) is 4.00. The summed E-state index contributed by atoms with van der Waals surface area (Å²) in [4.78, 5) is 4.27. The smallest absolute Gasteiger partial charge is 0.150 e. The minimum Gasteiger partial charge on any atom is -0.505 e. The zero-order valence-corrected chi connectivity index (χ0v) is 9.42. The van der Waals surface area contributed by atoms with Crippen molar-refractivity contribution in [3.63, 3.8) is 0 Å². The number of pyridine rings is 1. The molecule has 0 unspecified atom stereocenters. The first kappa shape index (κ1) is 9.77. The number of nitrogens with zero attached hydrogens (tertiary/aromatic N) is 1. The van der Waals surface area contributed by atoms with Gasteiger partial charge in [0.25, 0.3) is 0 Å². The highest BCUT2D eigenvalue weighted by atomic mass is 127. The SMILES string of the molecule is CCCc1cc(I)c(O)c(C)n1. The van der Waals surface area contributed by atoms with E-state index in [1.807, 2.05) is 13.0 Å². The number of hydrogen-bond donors (Lipinski definition) is 1. The van der Waals surface area contributed by atoms with Gasteiger partial charge in [0, 0.05) is 5.69 Å². The molecular weight excluding hydrogens is 265 g/mol. The Labute approximate surface area is 86.2 Å². The lowest BCUT2D eigenvalue weighted by atomic mass is 10.2. The second kappa shape index (κ2) is 4.07. The quantitative estimate of drug-likeness (QED) is 0.843. The van der Waals surface area contributed by atoms with E-state index in [1.54, 1.807) is 0 Å². The molecule has 12 heavy (non-hydrogen) atoms. The van der Waals surface area contributed by atoms with Crippen LogP contribution in [-0.2, 0) is 6.42 Å². The number of rotatable bonds is 2. The van der Waals surface area contributed by atoms with Crippen LogP contribution in [0.25, 0.3) is 0 Å². The first-order chi connectivity index (χ1) is 5.65. The van der Waals surface area contributed by atoms with Crippen molar-refractivity contribution in [2.45, 2.75) is 26.7 Å². The highest BCUT2D eigenvalue weighted by molar-refractivity contribution is 14.1. The largest absolute Gasteiger partial charge is 0.505 e. The Bertz CT molecular complexity index is 263. The average Bonchev–Trinajstić information content (AvgIpc) is 2.01. The molecule has 1 aromatic rings. The molecule has 0 aliphatic carbocycles. The maximum atomic E-state index is 9.43. The molecule has 0 atom stereocenters. The fraction of sp³-hybridized carbons (Fsp3) is 0.444. The summed E-state index contributed by atoms with van der Waals surface area (Å²) in [6.45, 7) is 3.95. The monoisotopic (exact) mass is 277 g/mol. The molecule has 0 spiro atoms. The second-order valence-electron chi connectivity index (χ2n) is 2.78. The van der Waals surface area contributed by atoms with E-state index in [9.17, 15) is 5.11 Å². The molecule has 0 saturated carbocycles. The van der Waals surface area contributed by atoms with Gasteiger partial charge in [-0.05, 0) is 42.0 Å². The summed E-state index contributed by atoms with van der Waals surface area (Å²) in [6, 6.07) is 1.94. The Morgan fingerprint density at radius 2 is 2.25 bits per heavy atom. The minimum atomic E-state index is 0.315. The third-order valence-corrected chi connectivity index (χ3v) is 2.50. The van der Waals surface area contributed by atoms with Crippen LogP contribution in [-0.4, -0.2) is 10.1 Å². The average molecular weight is 277 g/mol. The van der Waals surface area contributed by atoms with E-state index in [1.165, 1.54) is 0 Å². The van der Waals surface area contributed by atoms with Crippen LogP contribution in [0.5, 0.6) is 5.75 Å². The standard InChI is InChI=1S/C9H12INO/c1-3-4-7-5-8(10)9(12)6(2)11-7/h5,12H,3-4H2,1-2H3. The lowest BCUT2D eigenvalue weighted by molar-refractivity contribution is 0.463. The third-order valence-electron chi connectivity index (χ3n) is 1.68. The molecule has 2 nitrogen and oxygen atoms in total. The van der Waals surface area contributed by atoms with Crippen LogP contribution >= 0.6 is 22.6 Å². The van der Waals surface area contributed by atoms with Gasteiger partial charge in [-0.1, -0.05) is 13.3 Å². The predicted molar refractivity (Wildman–Crippen MR) is 57.4 cm³/mol. The number of aromatic hydroxyl groups is 1. The van der Waals surface area contributed by atoms with Crippen LogP contribution in [0, 0.1) is 10.5 Å². The summed E-state index contributed by atoms with van der Waals surface area (Å²) in [5.41, 5.74) is 1.79. The Kier molecular flexibility index (Phi) is 3.31. The number of aryl methyl sites for hydroxylation is 2. The molecule has 0 amide bonds. The Balaban J connectivity index is 3.04. The molecule has 0 bridgehead atoms. The summed E-state index contributed by atoms with van der Waals surface area (Å²) >= 11 is 2.13. The predicted octanol–water partition coefficient (Wildman–Crippen LogP) is 2.65. The molecule has 1 heterocycles. The first-order valence-corrected chi connectivity index (χ1v) is 5.08. The fourth-order valence-corrected chi connectivity index (χ4v) is 1.82. The Hall–Kier alpha value is -0.320. The lowest BCUT2D eigenvalue weighted by Crippen LogP contribution is -1.93. The number of aromatic nitrogens is 1. The van der Waals surface area contributed by atoms with Gasteiger partial charge >= 0.3 is 0 Å². The van der Waals surface area contributed by atoms with Crippen LogP contribution in [0.2, 0.25) is 0 Å². The summed E-state index contributed by atoms with van der Waals surface area (Å²) in [5, 5.41) is 9.43. The van der Waals surface area contributed by atoms with E-state index in [-0.39, 0.29) is 0 Å². The van der Waals surface area contributed by atoms with E-state index >= 15 is 0 Å². The van der Waals surface area contributed by atoms with Gasteiger partial charge < -0.3 is 5.11 Å². The summed E-state index contributed by atoms with van der Waals surface area (Å²) in [6.07, 6.45) is 2.07. The van der Waals surface area contributed by atoms with Crippen molar-refractivity contribution in [1.29, 1.82) is 0 Å². The zero-order chi connectivity index (χ0) is 9.14. The molecule has 0 radical (unpaired) electrons. The van der Waals surface area contributed by atoms with Crippen molar-refractivity contribution < 1.29 is 5.11 Å². The molecule has 66 valence electrons. The molecule has 0 fully saturated rings. The molecular formula is C9H12INO. The van der Waals surface area contributed by atoms with E-state index in [0.717, 1.165) is 27.8 Å². The van der Waals surface area contributed by atoms with Gasteiger partial charge in [0.2, 0.25) is 0 Å².